The number of hydrogen-bond acceptors (Lipinski definition) is 3. The van der Waals surface area contributed by atoms with Crippen LogP contribution in [0.1, 0.15) is 63.4 Å². The summed E-state index contributed by atoms with van der Waals surface area (Å²) < 4.78 is 0. The van der Waals surface area contributed by atoms with E-state index in [9.17, 15) is 14.4 Å². The Kier molecular flexibility index (Phi) is 7.12. The third-order valence-electron chi connectivity index (χ3n) is 7.14. The fraction of sp³-hybridized carbons (Fsp3) is 0.560. The average Bonchev–Trinajstić information content (AvgIpc) is 3.21. The molecule has 0 bridgehead atoms. The Bertz CT molecular complexity index is 967. The van der Waals surface area contributed by atoms with Gasteiger partial charge < -0.3 is 20.9 Å². The van der Waals surface area contributed by atoms with Crippen LogP contribution in [0.3, 0.4) is 0 Å². The second-order valence-corrected chi connectivity index (χ2v) is 9.28. The maximum atomic E-state index is 12.8. The van der Waals surface area contributed by atoms with Crippen LogP contribution in [0.4, 0.5) is 0 Å². The molecule has 2 aromatic rings. The Morgan fingerprint density at radius 1 is 1.09 bits per heavy atom. The van der Waals surface area contributed by atoms with Gasteiger partial charge in [-0.05, 0) is 49.7 Å². The summed E-state index contributed by atoms with van der Waals surface area (Å²) in [4.78, 5) is 42.5. The van der Waals surface area contributed by atoms with Crippen molar-refractivity contribution in [2.24, 2.45) is 11.7 Å². The highest BCUT2D eigenvalue weighted by Crippen LogP contribution is 2.35. The quantitative estimate of drug-likeness (QED) is 0.589. The van der Waals surface area contributed by atoms with Crippen molar-refractivity contribution in [1.29, 1.82) is 0 Å². The number of H-pyrrole nitrogens is 1. The standard InChI is InChI=1S/C25H34N4O3/c26-25(32)21(15-18-16-27-20-10-3-2-9-19(18)20)28-23(30)12-5-13-24(31)29-14-6-8-17-7-1-4-11-22(17)29/h2-3,9-10,16-17,21-22,27H,1,4-8,11-15H2,(H2,26,32)(H,28,30)/t17?,21-,22?/m0/s1. The normalized spacial score (nSPS) is 21.7. The number of rotatable bonds is 8. The van der Waals surface area contributed by atoms with E-state index in [4.69, 9.17) is 5.73 Å². The molecule has 4 rings (SSSR count). The molecule has 172 valence electrons. The molecule has 2 fully saturated rings. The summed E-state index contributed by atoms with van der Waals surface area (Å²) in [6, 6.07) is 7.44. The maximum Gasteiger partial charge on any atom is 0.240 e. The molecule has 1 saturated heterocycles. The van der Waals surface area contributed by atoms with Crippen LogP contribution >= 0.6 is 0 Å². The monoisotopic (exact) mass is 438 g/mol. The second kappa shape index (κ2) is 10.2. The zero-order chi connectivity index (χ0) is 22.5. The maximum absolute atomic E-state index is 12.8. The van der Waals surface area contributed by atoms with Gasteiger partial charge in [0, 0.05) is 48.9 Å². The summed E-state index contributed by atoms with van der Waals surface area (Å²) in [7, 11) is 0. The summed E-state index contributed by atoms with van der Waals surface area (Å²) in [5.41, 5.74) is 7.47. The molecule has 1 saturated carbocycles. The summed E-state index contributed by atoms with van der Waals surface area (Å²) >= 11 is 0. The molecular weight excluding hydrogens is 404 g/mol. The fourth-order valence-electron chi connectivity index (χ4n) is 5.49. The minimum atomic E-state index is -0.775. The molecular formula is C25H34N4O3. The van der Waals surface area contributed by atoms with E-state index in [1.165, 1.54) is 25.7 Å². The number of carbonyl (C=O) groups is 3. The largest absolute Gasteiger partial charge is 0.368 e. The highest BCUT2D eigenvalue weighted by Gasteiger charge is 2.35. The highest BCUT2D eigenvalue weighted by atomic mass is 16.2. The van der Waals surface area contributed by atoms with Crippen molar-refractivity contribution in [3.8, 4) is 0 Å². The number of para-hydroxylation sites is 1. The van der Waals surface area contributed by atoms with Crippen molar-refractivity contribution >= 4 is 28.6 Å². The molecule has 1 aliphatic carbocycles. The van der Waals surface area contributed by atoms with Gasteiger partial charge >= 0.3 is 0 Å². The Labute approximate surface area is 189 Å². The second-order valence-electron chi connectivity index (χ2n) is 9.28. The third-order valence-corrected chi connectivity index (χ3v) is 7.14. The predicted molar refractivity (Wildman–Crippen MR) is 124 cm³/mol. The van der Waals surface area contributed by atoms with Gasteiger partial charge in [0.1, 0.15) is 6.04 Å². The first-order valence-corrected chi connectivity index (χ1v) is 12.0. The average molecular weight is 439 g/mol. The fourth-order valence-corrected chi connectivity index (χ4v) is 5.49. The van der Waals surface area contributed by atoms with E-state index >= 15 is 0 Å². The summed E-state index contributed by atoms with van der Waals surface area (Å²) in [5.74, 6) is 0.0252. The molecule has 4 N–H and O–H groups in total. The van der Waals surface area contributed by atoms with Gasteiger partial charge in [0.15, 0.2) is 0 Å². The number of aromatic amines is 1. The van der Waals surface area contributed by atoms with Gasteiger partial charge in [-0.1, -0.05) is 31.0 Å². The van der Waals surface area contributed by atoms with Gasteiger partial charge in [-0.25, -0.2) is 0 Å². The first kappa shape index (κ1) is 22.4. The van der Waals surface area contributed by atoms with Crippen molar-refractivity contribution in [3.05, 3.63) is 36.0 Å². The van der Waals surface area contributed by atoms with Crippen molar-refractivity contribution in [3.63, 3.8) is 0 Å². The first-order valence-electron chi connectivity index (χ1n) is 12.0. The molecule has 7 nitrogen and oxygen atoms in total. The van der Waals surface area contributed by atoms with E-state index in [1.54, 1.807) is 0 Å². The lowest BCUT2D eigenvalue weighted by molar-refractivity contribution is -0.137. The van der Waals surface area contributed by atoms with Crippen LogP contribution in [0, 0.1) is 5.92 Å². The number of nitrogens with two attached hydrogens (primary N) is 1. The van der Waals surface area contributed by atoms with Crippen molar-refractivity contribution < 1.29 is 14.4 Å². The summed E-state index contributed by atoms with van der Waals surface area (Å²) in [6.45, 7) is 0.848. The van der Waals surface area contributed by atoms with Gasteiger partial charge in [0.25, 0.3) is 0 Å². The number of piperidine rings is 1. The van der Waals surface area contributed by atoms with E-state index in [1.807, 2.05) is 30.5 Å². The number of carbonyl (C=O) groups excluding carboxylic acids is 3. The molecule has 0 spiro atoms. The van der Waals surface area contributed by atoms with E-state index in [0.29, 0.717) is 31.2 Å². The number of benzene rings is 1. The number of nitrogens with zero attached hydrogens (tertiary/aromatic N) is 1. The number of hydrogen-bond donors (Lipinski definition) is 3. The van der Waals surface area contributed by atoms with Gasteiger partial charge in [-0.3, -0.25) is 14.4 Å². The summed E-state index contributed by atoms with van der Waals surface area (Å²) in [6.07, 6.45) is 10.4. The Hall–Kier alpha value is -2.83. The predicted octanol–water partition coefficient (Wildman–Crippen LogP) is 3.03. The number of primary amides is 1. The van der Waals surface area contributed by atoms with Crippen LogP contribution in [0.5, 0.6) is 0 Å². The van der Waals surface area contributed by atoms with Crippen LogP contribution in [-0.2, 0) is 20.8 Å². The van der Waals surface area contributed by atoms with Crippen LogP contribution in [0.15, 0.2) is 30.5 Å². The van der Waals surface area contributed by atoms with Gasteiger partial charge in [0.2, 0.25) is 17.7 Å². The molecule has 7 heteroatoms. The first-order chi connectivity index (χ1) is 15.5. The SMILES string of the molecule is NC(=O)[C@H](Cc1c[nH]c2ccccc12)NC(=O)CCCC(=O)N1CCCC2CCCCC21. The number of amides is 3. The smallest absolute Gasteiger partial charge is 0.240 e. The van der Waals surface area contributed by atoms with Gasteiger partial charge in [0.05, 0.1) is 0 Å². The van der Waals surface area contributed by atoms with Crippen LogP contribution in [0.2, 0.25) is 0 Å². The Morgan fingerprint density at radius 2 is 1.88 bits per heavy atom. The number of fused-ring (bicyclic) bond motifs is 2. The minimum Gasteiger partial charge on any atom is -0.368 e. The van der Waals surface area contributed by atoms with Crippen molar-refractivity contribution in [2.75, 3.05) is 6.54 Å². The summed E-state index contributed by atoms with van der Waals surface area (Å²) in [5, 5.41) is 3.78. The molecule has 1 aromatic carbocycles. The lowest BCUT2D eigenvalue weighted by Crippen LogP contribution is -2.49. The van der Waals surface area contributed by atoms with Crippen molar-refractivity contribution in [2.45, 2.75) is 76.3 Å². The van der Waals surface area contributed by atoms with Gasteiger partial charge in [-0.2, -0.15) is 0 Å². The molecule has 0 radical (unpaired) electrons. The molecule has 1 aromatic heterocycles. The topological polar surface area (TPSA) is 108 Å². The Balaban J connectivity index is 1.26. The highest BCUT2D eigenvalue weighted by molar-refractivity contribution is 5.89. The van der Waals surface area contributed by atoms with Crippen LogP contribution in [0.25, 0.3) is 10.9 Å². The number of aromatic nitrogens is 1. The van der Waals surface area contributed by atoms with Crippen LogP contribution in [-0.4, -0.2) is 46.2 Å². The third kappa shape index (κ3) is 5.14. The molecule has 3 amide bonds. The Morgan fingerprint density at radius 3 is 2.72 bits per heavy atom. The number of likely N-dealkylation sites (tertiary alicyclic amines) is 1. The molecule has 2 aliphatic rings. The van der Waals surface area contributed by atoms with E-state index in [2.05, 4.69) is 15.2 Å². The molecule has 1 aliphatic heterocycles. The molecule has 32 heavy (non-hydrogen) atoms. The van der Waals surface area contributed by atoms with E-state index < -0.39 is 11.9 Å². The lowest BCUT2D eigenvalue weighted by atomic mass is 9.78. The van der Waals surface area contributed by atoms with Crippen molar-refractivity contribution in [1.82, 2.24) is 15.2 Å². The lowest BCUT2D eigenvalue weighted by Gasteiger charge is -2.44. The number of nitrogens with one attached hydrogen (secondary N) is 2. The van der Waals surface area contributed by atoms with Gasteiger partial charge in [-0.15, -0.1) is 0 Å². The molecule has 2 heterocycles. The zero-order valence-corrected chi connectivity index (χ0v) is 18.6. The molecule has 3 atom stereocenters. The molecule has 2 unspecified atom stereocenters. The zero-order valence-electron chi connectivity index (χ0n) is 18.6. The van der Waals surface area contributed by atoms with E-state index in [-0.39, 0.29) is 18.2 Å². The van der Waals surface area contributed by atoms with E-state index in [0.717, 1.165) is 35.9 Å². The van der Waals surface area contributed by atoms with Crippen LogP contribution < -0.4 is 11.1 Å². The minimum absolute atomic E-state index is 0.166.